The van der Waals surface area contributed by atoms with Gasteiger partial charge in [0.25, 0.3) is 0 Å². The smallest absolute Gasteiger partial charge is 0.146 e. The zero-order chi connectivity index (χ0) is 19.9. The average Bonchev–Trinajstić information content (AvgIpc) is 3.04. The van der Waals surface area contributed by atoms with Gasteiger partial charge in [-0.1, -0.05) is 13.8 Å². The molecule has 7 heteroatoms. The molecule has 0 aliphatic carbocycles. The first-order valence-electron chi connectivity index (χ1n) is 8.87. The Morgan fingerprint density at radius 2 is 1.89 bits per heavy atom. The molecule has 0 aliphatic heterocycles. The van der Waals surface area contributed by atoms with Crippen molar-refractivity contribution in [3.05, 3.63) is 58.5 Å². The lowest BCUT2D eigenvalue weighted by atomic mass is 9.93. The summed E-state index contributed by atoms with van der Waals surface area (Å²) >= 11 is 0. The Balaban J connectivity index is 2.21. The number of pyridine rings is 1. The molecule has 0 spiro atoms. The molecule has 0 bridgehead atoms. The number of aromatic nitrogens is 3. The van der Waals surface area contributed by atoms with Gasteiger partial charge in [-0.05, 0) is 49.6 Å². The summed E-state index contributed by atoms with van der Waals surface area (Å²) in [5.41, 5.74) is 11.7. The number of halogens is 1. The number of nitrogens with two attached hydrogens (primary N) is 2. The van der Waals surface area contributed by atoms with E-state index in [-0.39, 0.29) is 17.2 Å². The van der Waals surface area contributed by atoms with Crippen molar-refractivity contribution < 1.29 is 4.39 Å². The fourth-order valence-corrected chi connectivity index (χ4v) is 3.29. The maximum Gasteiger partial charge on any atom is 0.146 e. The number of rotatable bonds is 4. The van der Waals surface area contributed by atoms with Gasteiger partial charge in [0.15, 0.2) is 0 Å². The van der Waals surface area contributed by atoms with E-state index in [2.05, 4.69) is 24.0 Å². The van der Waals surface area contributed by atoms with Gasteiger partial charge in [-0.15, -0.1) is 0 Å². The minimum atomic E-state index is -0.404. The first-order valence-corrected chi connectivity index (χ1v) is 8.87. The quantitative estimate of drug-likeness (QED) is 0.530. The molecule has 2 aromatic heterocycles. The van der Waals surface area contributed by atoms with Crippen molar-refractivity contribution in [2.75, 3.05) is 5.84 Å². The standard InChI is InChI=1S/C20H25FN6/c1-10(2)17-18(13-5-6-16(21)15(8-13)12(4)22)25-26-19(17)14-7-11(3)20(23)27(24)9-14/h5-10,12,23H,22,24H2,1-4H3,(H,25,26). The molecule has 0 radical (unpaired) electrons. The summed E-state index contributed by atoms with van der Waals surface area (Å²) in [6, 6.07) is 6.43. The molecule has 142 valence electrons. The van der Waals surface area contributed by atoms with E-state index in [1.807, 2.05) is 13.0 Å². The summed E-state index contributed by atoms with van der Waals surface area (Å²) in [7, 11) is 0. The van der Waals surface area contributed by atoms with Gasteiger partial charge < -0.3 is 11.6 Å². The third-order valence-electron chi connectivity index (χ3n) is 4.71. The molecular formula is C20H25FN6. The van der Waals surface area contributed by atoms with E-state index >= 15 is 0 Å². The third kappa shape index (κ3) is 3.38. The Hall–Kier alpha value is -2.93. The molecule has 3 rings (SSSR count). The van der Waals surface area contributed by atoms with Crippen molar-refractivity contribution in [1.82, 2.24) is 14.9 Å². The summed E-state index contributed by atoms with van der Waals surface area (Å²) in [6.45, 7) is 7.76. The number of nitrogen functional groups attached to an aromatic ring is 1. The number of benzene rings is 1. The van der Waals surface area contributed by atoms with Gasteiger partial charge >= 0.3 is 0 Å². The van der Waals surface area contributed by atoms with E-state index in [1.165, 1.54) is 10.7 Å². The van der Waals surface area contributed by atoms with Crippen LogP contribution in [0.3, 0.4) is 0 Å². The summed E-state index contributed by atoms with van der Waals surface area (Å²) in [5, 5.41) is 15.5. The molecule has 1 atom stereocenters. The largest absolute Gasteiger partial charge is 0.338 e. The van der Waals surface area contributed by atoms with Gasteiger partial charge in [-0.3, -0.25) is 15.2 Å². The lowest BCUT2D eigenvalue weighted by Gasteiger charge is -2.13. The zero-order valence-electron chi connectivity index (χ0n) is 16.0. The molecule has 0 amide bonds. The number of nitrogens with zero attached hydrogens (tertiary/aromatic N) is 2. The number of aromatic amines is 1. The predicted octanol–water partition coefficient (Wildman–Crippen LogP) is 3.33. The van der Waals surface area contributed by atoms with Crippen LogP contribution in [0, 0.1) is 18.2 Å². The number of aryl methyl sites for hydroxylation is 1. The number of nitrogens with one attached hydrogen (secondary N) is 2. The second-order valence-electron chi connectivity index (χ2n) is 7.21. The molecule has 1 unspecified atom stereocenters. The Morgan fingerprint density at radius 1 is 1.19 bits per heavy atom. The summed E-state index contributed by atoms with van der Waals surface area (Å²) in [5.74, 6) is 5.76. The van der Waals surface area contributed by atoms with E-state index < -0.39 is 6.04 Å². The SMILES string of the molecule is Cc1cc(-c2n[nH]c(-c3ccc(F)c(C(C)N)c3)c2C(C)C)cn(N)c1=N. The molecule has 2 heterocycles. The normalized spacial score (nSPS) is 12.6. The fraction of sp³-hybridized carbons (Fsp3) is 0.300. The lowest BCUT2D eigenvalue weighted by Crippen LogP contribution is -2.28. The average molecular weight is 368 g/mol. The van der Waals surface area contributed by atoms with E-state index in [1.54, 1.807) is 25.3 Å². The van der Waals surface area contributed by atoms with E-state index in [9.17, 15) is 4.39 Å². The molecule has 3 aromatic rings. The predicted molar refractivity (Wildman–Crippen MR) is 105 cm³/mol. The molecule has 6 N–H and O–H groups in total. The first-order chi connectivity index (χ1) is 12.7. The van der Waals surface area contributed by atoms with E-state index in [4.69, 9.17) is 17.0 Å². The highest BCUT2D eigenvalue weighted by Gasteiger charge is 2.21. The van der Waals surface area contributed by atoms with Crippen LogP contribution in [0.5, 0.6) is 0 Å². The van der Waals surface area contributed by atoms with Crippen LogP contribution in [0.2, 0.25) is 0 Å². The van der Waals surface area contributed by atoms with Crippen LogP contribution in [-0.2, 0) is 0 Å². The van der Waals surface area contributed by atoms with Crippen molar-refractivity contribution in [3.8, 4) is 22.5 Å². The number of hydrogen-bond donors (Lipinski definition) is 4. The van der Waals surface area contributed by atoms with Crippen molar-refractivity contribution in [1.29, 1.82) is 5.41 Å². The first kappa shape index (κ1) is 18.8. The monoisotopic (exact) mass is 368 g/mol. The summed E-state index contributed by atoms with van der Waals surface area (Å²) in [4.78, 5) is 0. The maximum absolute atomic E-state index is 14.1. The van der Waals surface area contributed by atoms with Crippen molar-refractivity contribution in [3.63, 3.8) is 0 Å². The highest BCUT2D eigenvalue weighted by atomic mass is 19.1. The lowest BCUT2D eigenvalue weighted by molar-refractivity contribution is 0.594. The van der Waals surface area contributed by atoms with Gasteiger partial charge in [0.1, 0.15) is 11.3 Å². The molecule has 0 fully saturated rings. The van der Waals surface area contributed by atoms with Crippen LogP contribution in [0.25, 0.3) is 22.5 Å². The molecule has 0 saturated carbocycles. The van der Waals surface area contributed by atoms with Gasteiger partial charge in [0.2, 0.25) is 0 Å². The van der Waals surface area contributed by atoms with E-state index in [0.29, 0.717) is 5.56 Å². The van der Waals surface area contributed by atoms with Crippen molar-refractivity contribution in [2.24, 2.45) is 5.73 Å². The topological polar surface area (TPSA) is 110 Å². The maximum atomic E-state index is 14.1. The van der Waals surface area contributed by atoms with Crippen molar-refractivity contribution in [2.45, 2.75) is 39.7 Å². The van der Waals surface area contributed by atoms with E-state index in [0.717, 1.165) is 33.6 Å². The van der Waals surface area contributed by atoms with Crippen LogP contribution >= 0.6 is 0 Å². The van der Waals surface area contributed by atoms with Crippen LogP contribution in [0.15, 0.2) is 30.5 Å². The fourth-order valence-electron chi connectivity index (χ4n) is 3.29. The minimum Gasteiger partial charge on any atom is -0.338 e. The summed E-state index contributed by atoms with van der Waals surface area (Å²) in [6.07, 6.45) is 1.69. The van der Waals surface area contributed by atoms with Gasteiger partial charge in [-0.2, -0.15) is 5.10 Å². The Morgan fingerprint density at radius 3 is 2.48 bits per heavy atom. The third-order valence-corrected chi connectivity index (χ3v) is 4.71. The minimum absolute atomic E-state index is 0.166. The number of hydrogen-bond acceptors (Lipinski definition) is 4. The molecule has 27 heavy (non-hydrogen) atoms. The van der Waals surface area contributed by atoms with Gasteiger partial charge in [-0.25, -0.2) is 4.39 Å². The molecule has 6 nitrogen and oxygen atoms in total. The van der Waals surface area contributed by atoms with Crippen LogP contribution in [0.1, 0.15) is 49.4 Å². The molecular weight excluding hydrogens is 343 g/mol. The van der Waals surface area contributed by atoms with Gasteiger partial charge in [0, 0.05) is 34.5 Å². The van der Waals surface area contributed by atoms with Gasteiger partial charge in [0.05, 0.1) is 11.4 Å². The Labute approximate surface area is 157 Å². The molecule has 1 aromatic carbocycles. The molecule has 0 saturated heterocycles. The summed E-state index contributed by atoms with van der Waals surface area (Å²) < 4.78 is 15.3. The number of H-pyrrole nitrogens is 1. The Bertz CT molecular complexity index is 1020. The zero-order valence-corrected chi connectivity index (χ0v) is 16.0. The highest BCUT2D eigenvalue weighted by molar-refractivity contribution is 5.75. The molecule has 0 aliphatic rings. The second kappa shape index (κ2) is 7.00. The highest BCUT2D eigenvalue weighted by Crippen LogP contribution is 2.36. The van der Waals surface area contributed by atoms with Crippen LogP contribution in [-0.4, -0.2) is 14.9 Å². The van der Waals surface area contributed by atoms with Crippen LogP contribution < -0.4 is 17.1 Å². The Kier molecular flexibility index (Phi) is 4.89. The van der Waals surface area contributed by atoms with Crippen LogP contribution in [0.4, 0.5) is 4.39 Å². The van der Waals surface area contributed by atoms with Crippen molar-refractivity contribution >= 4 is 0 Å². The second-order valence-corrected chi connectivity index (χ2v) is 7.21.